The summed E-state index contributed by atoms with van der Waals surface area (Å²) in [6, 6.07) is 20.2. The maximum absolute atomic E-state index is 11.5. The van der Waals surface area contributed by atoms with E-state index >= 15 is 0 Å². The van der Waals surface area contributed by atoms with Crippen LogP contribution in [0.25, 0.3) is 16.9 Å². The summed E-state index contributed by atoms with van der Waals surface area (Å²) in [6.07, 6.45) is 2.83. The van der Waals surface area contributed by atoms with Gasteiger partial charge in [0.2, 0.25) is 0 Å². The molecule has 1 N–H and O–H groups in total. The highest BCUT2D eigenvalue weighted by atomic mass is 16.4. The van der Waals surface area contributed by atoms with Crippen molar-refractivity contribution < 1.29 is 9.90 Å². The zero-order valence-electron chi connectivity index (χ0n) is 16.0. The number of hydrogen-bond donors (Lipinski definition) is 1. The molecule has 5 nitrogen and oxygen atoms in total. The molecule has 1 saturated heterocycles. The van der Waals surface area contributed by atoms with Gasteiger partial charge in [-0.1, -0.05) is 55.5 Å². The smallest absolute Gasteiger partial charge is 0.307 e. The van der Waals surface area contributed by atoms with E-state index in [1.165, 1.54) is 0 Å². The number of carboxylic acid groups (broad SMARTS) is 1. The average molecular weight is 375 g/mol. The molecule has 5 heteroatoms. The molecule has 0 aliphatic carbocycles. The molecule has 0 amide bonds. The second-order valence-electron chi connectivity index (χ2n) is 7.72. The summed E-state index contributed by atoms with van der Waals surface area (Å²) in [5.41, 5.74) is 4.16. The van der Waals surface area contributed by atoms with Gasteiger partial charge in [-0.05, 0) is 24.5 Å². The summed E-state index contributed by atoms with van der Waals surface area (Å²) >= 11 is 0. The molecule has 3 aromatic rings. The van der Waals surface area contributed by atoms with Crippen molar-refractivity contribution in [2.75, 3.05) is 13.1 Å². The number of para-hydroxylation sites is 1. The number of hydrogen-bond acceptors (Lipinski definition) is 3. The second kappa shape index (κ2) is 7.98. The first-order chi connectivity index (χ1) is 13.6. The molecule has 0 saturated carbocycles. The molecule has 1 aliphatic heterocycles. The third-order valence-electron chi connectivity index (χ3n) is 5.34. The molecule has 28 heavy (non-hydrogen) atoms. The summed E-state index contributed by atoms with van der Waals surface area (Å²) in [4.78, 5) is 13.8. The van der Waals surface area contributed by atoms with E-state index in [1.54, 1.807) is 0 Å². The van der Waals surface area contributed by atoms with E-state index in [2.05, 4.69) is 30.2 Å². The lowest BCUT2D eigenvalue weighted by Gasteiger charge is -2.34. The molecular formula is C23H25N3O2. The van der Waals surface area contributed by atoms with Crippen molar-refractivity contribution in [3.8, 4) is 16.9 Å². The van der Waals surface area contributed by atoms with Crippen LogP contribution in [0.2, 0.25) is 0 Å². The van der Waals surface area contributed by atoms with Crippen LogP contribution >= 0.6 is 0 Å². The number of benzene rings is 2. The highest BCUT2D eigenvalue weighted by Crippen LogP contribution is 2.28. The van der Waals surface area contributed by atoms with Gasteiger partial charge in [0.15, 0.2) is 0 Å². The van der Waals surface area contributed by atoms with E-state index in [1.807, 2.05) is 53.2 Å². The topological polar surface area (TPSA) is 58.4 Å². The number of carboxylic acids is 1. The van der Waals surface area contributed by atoms with Crippen LogP contribution < -0.4 is 0 Å². The predicted octanol–water partition coefficient (Wildman–Crippen LogP) is 4.08. The Morgan fingerprint density at radius 3 is 2.43 bits per heavy atom. The molecule has 2 aromatic carbocycles. The average Bonchev–Trinajstić information content (AvgIpc) is 3.12. The Balaban J connectivity index is 1.67. The van der Waals surface area contributed by atoms with Gasteiger partial charge in [-0.2, -0.15) is 5.10 Å². The highest BCUT2D eigenvalue weighted by Gasteiger charge is 2.30. The monoisotopic (exact) mass is 375 g/mol. The number of piperidine rings is 1. The number of likely N-dealkylation sites (tertiary alicyclic amines) is 1. The molecule has 1 fully saturated rings. The highest BCUT2D eigenvalue weighted by molar-refractivity contribution is 5.70. The van der Waals surface area contributed by atoms with Crippen molar-refractivity contribution in [3.05, 3.63) is 72.4 Å². The minimum Gasteiger partial charge on any atom is -0.481 e. The van der Waals surface area contributed by atoms with Crippen molar-refractivity contribution in [2.45, 2.75) is 19.9 Å². The standard InChI is InChI=1S/C23H25N3O2/c1-17-12-19(23(27)28)14-25(13-17)15-20-16-26(21-10-6-3-7-11-21)24-22(20)18-8-4-2-5-9-18/h2-11,16-17,19H,12-15H2,1H3,(H,27,28). The van der Waals surface area contributed by atoms with Crippen molar-refractivity contribution in [2.24, 2.45) is 11.8 Å². The van der Waals surface area contributed by atoms with Gasteiger partial charge in [0, 0.05) is 37.0 Å². The van der Waals surface area contributed by atoms with E-state index in [0.29, 0.717) is 19.0 Å². The lowest BCUT2D eigenvalue weighted by atomic mass is 9.90. The normalized spacial score (nSPS) is 20.2. The molecule has 144 valence electrons. The molecule has 0 spiro atoms. The number of nitrogens with zero attached hydrogens (tertiary/aromatic N) is 3. The minimum absolute atomic E-state index is 0.298. The Bertz CT molecular complexity index is 937. The summed E-state index contributed by atoms with van der Waals surface area (Å²) in [7, 11) is 0. The van der Waals surface area contributed by atoms with Gasteiger partial charge in [-0.3, -0.25) is 9.69 Å². The fourth-order valence-electron chi connectivity index (χ4n) is 4.09. The van der Waals surface area contributed by atoms with Crippen LogP contribution in [0.1, 0.15) is 18.9 Å². The fraction of sp³-hybridized carbons (Fsp3) is 0.304. The van der Waals surface area contributed by atoms with Gasteiger partial charge in [0.05, 0.1) is 17.3 Å². The van der Waals surface area contributed by atoms with Gasteiger partial charge in [-0.25, -0.2) is 4.68 Å². The fourth-order valence-corrected chi connectivity index (χ4v) is 4.09. The zero-order chi connectivity index (χ0) is 19.5. The third kappa shape index (κ3) is 3.99. The van der Waals surface area contributed by atoms with Crippen molar-refractivity contribution in [1.82, 2.24) is 14.7 Å². The second-order valence-corrected chi connectivity index (χ2v) is 7.72. The minimum atomic E-state index is -0.695. The van der Waals surface area contributed by atoms with E-state index in [-0.39, 0.29) is 5.92 Å². The lowest BCUT2D eigenvalue weighted by molar-refractivity contribution is -0.144. The summed E-state index contributed by atoms with van der Waals surface area (Å²) in [5, 5.41) is 14.3. The van der Waals surface area contributed by atoms with E-state index in [0.717, 1.165) is 35.5 Å². The number of aliphatic carboxylic acids is 1. The molecule has 0 bridgehead atoms. The van der Waals surface area contributed by atoms with Gasteiger partial charge in [-0.15, -0.1) is 0 Å². The maximum Gasteiger partial charge on any atom is 0.307 e. The van der Waals surface area contributed by atoms with Crippen LogP contribution in [0.4, 0.5) is 0 Å². The molecule has 1 aromatic heterocycles. The number of carbonyl (C=O) groups is 1. The number of aromatic nitrogens is 2. The Kier molecular flexibility index (Phi) is 5.26. The van der Waals surface area contributed by atoms with Gasteiger partial charge >= 0.3 is 5.97 Å². The van der Waals surface area contributed by atoms with Crippen molar-refractivity contribution in [1.29, 1.82) is 0 Å². The van der Waals surface area contributed by atoms with Crippen LogP contribution in [-0.4, -0.2) is 38.8 Å². The Morgan fingerprint density at radius 1 is 1.07 bits per heavy atom. The molecule has 4 rings (SSSR count). The molecule has 2 atom stereocenters. The summed E-state index contributed by atoms with van der Waals surface area (Å²) in [5.74, 6) is -0.618. The maximum atomic E-state index is 11.5. The Labute approximate surface area is 165 Å². The zero-order valence-corrected chi connectivity index (χ0v) is 16.0. The molecule has 2 heterocycles. The van der Waals surface area contributed by atoms with E-state index in [9.17, 15) is 9.90 Å². The van der Waals surface area contributed by atoms with Gasteiger partial charge in [0.1, 0.15) is 0 Å². The van der Waals surface area contributed by atoms with E-state index in [4.69, 9.17) is 5.10 Å². The first-order valence-corrected chi connectivity index (χ1v) is 9.74. The first kappa shape index (κ1) is 18.4. The molecule has 0 radical (unpaired) electrons. The largest absolute Gasteiger partial charge is 0.481 e. The predicted molar refractivity (Wildman–Crippen MR) is 109 cm³/mol. The molecular weight excluding hydrogens is 350 g/mol. The van der Waals surface area contributed by atoms with Crippen LogP contribution in [-0.2, 0) is 11.3 Å². The third-order valence-corrected chi connectivity index (χ3v) is 5.34. The summed E-state index contributed by atoms with van der Waals surface area (Å²) in [6.45, 7) is 4.33. The van der Waals surface area contributed by atoms with Crippen LogP contribution in [0, 0.1) is 11.8 Å². The summed E-state index contributed by atoms with van der Waals surface area (Å²) < 4.78 is 1.92. The Morgan fingerprint density at radius 2 is 1.75 bits per heavy atom. The lowest BCUT2D eigenvalue weighted by Crippen LogP contribution is -2.41. The van der Waals surface area contributed by atoms with Gasteiger partial charge in [0.25, 0.3) is 0 Å². The molecule has 1 aliphatic rings. The number of rotatable bonds is 5. The van der Waals surface area contributed by atoms with Crippen molar-refractivity contribution >= 4 is 5.97 Å². The van der Waals surface area contributed by atoms with E-state index < -0.39 is 5.97 Å². The van der Waals surface area contributed by atoms with Crippen molar-refractivity contribution in [3.63, 3.8) is 0 Å². The Hall–Kier alpha value is -2.92. The van der Waals surface area contributed by atoms with Gasteiger partial charge < -0.3 is 5.11 Å². The van der Waals surface area contributed by atoms with Crippen LogP contribution in [0.3, 0.4) is 0 Å². The first-order valence-electron chi connectivity index (χ1n) is 9.74. The SMILES string of the molecule is CC1CC(C(=O)O)CN(Cc2cn(-c3ccccc3)nc2-c2ccccc2)C1. The van der Waals surface area contributed by atoms with Crippen LogP contribution in [0.15, 0.2) is 66.9 Å². The van der Waals surface area contributed by atoms with Crippen LogP contribution in [0.5, 0.6) is 0 Å². The quantitative estimate of drug-likeness (QED) is 0.730. The molecule has 2 unspecified atom stereocenters.